The van der Waals surface area contributed by atoms with E-state index < -0.39 is 11.9 Å². The number of rotatable bonds is 4. The molecule has 1 N–H and O–H groups in total. The number of carbonyl (C=O) groups excluding carboxylic acids is 1. The number of aromatic nitrogens is 1. The minimum Gasteiger partial charge on any atom is -0.481 e. The van der Waals surface area contributed by atoms with Gasteiger partial charge in [0.05, 0.1) is 22.9 Å². The third-order valence-electron chi connectivity index (χ3n) is 3.74. The van der Waals surface area contributed by atoms with E-state index >= 15 is 0 Å². The lowest BCUT2D eigenvalue weighted by Crippen LogP contribution is -2.43. The third-order valence-corrected chi connectivity index (χ3v) is 5.67. The van der Waals surface area contributed by atoms with Crippen molar-refractivity contribution in [3.8, 4) is 9.88 Å². The van der Waals surface area contributed by atoms with Gasteiger partial charge in [-0.05, 0) is 24.3 Å². The van der Waals surface area contributed by atoms with Gasteiger partial charge < -0.3 is 10.0 Å². The second-order valence-electron chi connectivity index (χ2n) is 5.32. The van der Waals surface area contributed by atoms with Gasteiger partial charge in [0.25, 0.3) is 0 Å². The van der Waals surface area contributed by atoms with Crippen LogP contribution in [0.4, 0.5) is 0 Å². The predicted molar refractivity (Wildman–Crippen MR) is 86.1 cm³/mol. The number of hydrogen-bond acceptors (Lipinski definition) is 5. The molecule has 116 valence electrons. The first-order chi connectivity index (χ1) is 10.6. The Morgan fingerprint density at radius 3 is 3.00 bits per heavy atom. The summed E-state index contributed by atoms with van der Waals surface area (Å²) in [6.07, 6.45) is 1.65. The lowest BCUT2D eigenvalue weighted by molar-refractivity contribution is -0.145. The predicted octanol–water partition coefficient (Wildman–Crippen LogP) is 2.74. The summed E-state index contributed by atoms with van der Waals surface area (Å²) >= 11 is 3.16. The summed E-state index contributed by atoms with van der Waals surface area (Å²) < 4.78 is 0. The van der Waals surface area contributed by atoms with E-state index in [1.807, 2.05) is 22.9 Å². The van der Waals surface area contributed by atoms with Crippen LogP contribution in [0.2, 0.25) is 0 Å². The Labute approximate surface area is 136 Å². The number of piperidine rings is 1. The molecule has 2 aromatic heterocycles. The monoisotopic (exact) mass is 336 g/mol. The summed E-state index contributed by atoms with van der Waals surface area (Å²) in [5.74, 6) is -1.28. The SMILES string of the molecule is O=C(O)C1CCCN(C(=O)Cc2csc(-c3cccs3)n2)C1. The molecule has 22 heavy (non-hydrogen) atoms. The molecule has 0 bridgehead atoms. The first-order valence-corrected chi connectivity index (χ1v) is 8.88. The maximum absolute atomic E-state index is 12.3. The average Bonchev–Trinajstić information content (AvgIpc) is 3.18. The van der Waals surface area contributed by atoms with Crippen LogP contribution in [-0.4, -0.2) is 40.0 Å². The topological polar surface area (TPSA) is 70.5 Å². The lowest BCUT2D eigenvalue weighted by atomic mass is 9.98. The van der Waals surface area contributed by atoms with Crippen LogP contribution in [0.3, 0.4) is 0 Å². The molecule has 1 amide bonds. The van der Waals surface area contributed by atoms with Crippen molar-refractivity contribution in [2.75, 3.05) is 13.1 Å². The first-order valence-electron chi connectivity index (χ1n) is 7.12. The quantitative estimate of drug-likeness (QED) is 0.932. The number of amides is 1. The van der Waals surface area contributed by atoms with E-state index in [1.54, 1.807) is 16.2 Å². The van der Waals surface area contributed by atoms with Crippen LogP contribution in [0.15, 0.2) is 22.9 Å². The van der Waals surface area contributed by atoms with Crippen molar-refractivity contribution in [1.82, 2.24) is 9.88 Å². The molecule has 1 unspecified atom stereocenters. The van der Waals surface area contributed by atoms with Crippen molar-refractivity contribution < 1.29 is 14.7 Å². The Morgan fingerprint density at radius 2 is 2.27 bits per heavy atom. The van der Waals surface area contributed by atoms with Gasteiger partial charge in [-0.3, -0.25) is 9.59 Å². The molecule has 1 atom stereocenters. The van der Waals surface area contributed by atoms with Crippen molar-refractivity contribution in [3.63, 3.8) is 0 Å². The van der Waals surface area contributed by atoms with Gasteiger partial charge in [0.15, 0.2) is 0 Å². The minimum atomic E-state index is -0.814. The van der Waals surface area contributed by atoms with E-state index in [1.165, 1.54) is 11.3 Å². The molecule has 0 aromatic carbocycles. The summed E-state index contributed by atoms with van der Waals surface area (Å²) in [5, 5.41) is 13.9. The highest BCUT2D eigenvalue weighted by Gasteiger charge is 2.28. The number of hydrogen-bond donors (Lipinski definition) is 1. The normalized spacial score (nSPS) is 18.4. The highest BCUT2D eigenvalue weighted by atomic mass is 32.1. The zero-order valence-electron chi connectivity index (χ0n) is 11.9. The Morgan fingerprint density at radius 1 is 1.41 bits per heavy atom. The Hall–Kier alpha value is -1.73. The van der Waals surface area contributed by atoms with Crippen molar-refractivity contribution in [1.29, 1.82) is 0 Å². The average molecular weight is 336 g/mol. The van der Waals surface area contributed by atoms with Gasteiger partial charge >= 0.3 is 5.97 Å². The maximum Gasteiger partial charge on any atom is 0.308 e. The molecule has 0 spiro atoms. The lowest BCUT2D eigenvalue weighted by Gasteiger charge is -2.30. The minimum absolute atomic E-state index is 0.0334. The summed E-state index contributed by atoms with van der Waals surface area (Å²) in [6, 6.07) is 3.99. The highest BCUT2D eigenvalue weighted by Crippen LogP contribution is 2.28. The van der Waals surface area contributed by atoms with Gasteiger partial charge in [-0.25, -0.2) is 4.98 Å². The molecule has 0 saturated carbocycles. The zero-order valence-corrected chi connectivity index (χ0v) is 13.5. The smallest absolute Gasteiger partial charge is 0.308 e. The molecule has 7 heteroatoms. The number of carboxylic acids is 1. The molecular weight excluding hydrogens is 320 g/mol. The molecule has 1 aliphatic heterocycles. The molecule has 3 heterocycles. The molecule has 2 aromatic rings. The zero-order chi connectivity index (χ0) is 15.5. The van der Waals surface area contributed by atoms with Crippen LogP contribution in [-0.2, 0) is 16.0 Å². The second kappa shape index (κ2) is 6.58. The number of likely N-dealkylation sites (tertiary alicyclic amines) is 1. The molecule has 1 aliphatic rings. The maximum atomic E-state index is 12.3. The van der Waals surface area contributed by atoms with Gasteiger partial charge in [-0.2, -0.15) is 0 Å². The fourth-order valence-corrected chi connectivity index (χ4v) is 4.21. The second-order valence-corrected chi connectivity index (χ2v) is 7.12. The Kier molecular flexibility index (Phi) is 4.54. The van der Waals surface area contributed by atoms with Gasteiger partial charge in [0.1, 0.15) is 5.01 Å². The largest absolute Gasteiger partial charge is 0.481 e. The number of nitrogens with zero attached hydrogens (tertiary/aromatic N) is 2. The summed E-state index contributed by atoms with van der Waals surface area (Å²) in [7, 11) is 0. The van der Waals surface area contributed by atoms with E-state index in [2.05, 4.69) is 4.98 Å². The number of thiazole rings is 1. The van der Waals surface area contributed by atoms with E-state index in [0.29, 0.717) is 19.5 Å². The fourth-order valence-electron chi connectivity index (χ4n) is 2.57. The number of carbonyl (C=O) groups is 2. The van der Waals surface area contributed by atoms with Gasteiger partial charge in [-0.15, -0.1) is 22.7 Å². The number of carboxylic acid groups (broad SMARTS) is 1. The summed E-state index contributed by atoms with van der Waals surface area (Å²) in [4.78, 5) is 30.7. The van der Waals surface area contributed by atoms with Crippen LogP contribution in [0.5, 0.6) is 0 Å². The van der Waals surface area contributed by atoms with Crippen LogP contribution in [0, 0.1) is 5.92 Å². The Bertz CT molecular complexity index is 666. The van der Waals surface area contributed by atoms with Crippen LogP contribution in [0.25, 0.3) is 9.88 Å². The van der Waals surface area contributed by atoms with E-state index in [4.69, 9.17) is 5.11 Å². The van der Waals surface area contributed by atoms with E-state index in [-0.39, 0.29) is 12.3 Å². The summed E-state index contributed by atoms with van der Waals surface area (Å²) in [5.41, 5.74) is 0.760. The van der Waals surface area contributed by atoms with E-state index in [0.717, 1.165) is 22.0 Å². The van der Waals surface area contributed by atoms with Gasteiger partial charge in [-0.1, -0.05) is 6.07 Å². The first kappa shape index (κ1) is 15.2. The molecule has 0 radical (unpaired) electrons. The van der Waals surface area contributed by atoms with Crippen LogP contribution >= 0.6 is 22.7 Å². The molecule has 3 rings (SSSR count). The van der Waals surface area contributed by atoms with Crippen LogP contribution in [0.1, 0.15) is 18.5 Å². The van der Waals surface area contributed by atoms with Crippen LogP contribution < -0.4 is 0 Å². The van der Waals surface area contributed by atoms with E-state index in [9.17, 15) is 9.59 Å². The third kappa shape index (κ3) is 3.36. The van der Waals surface area contributed by atoms with Crippen molar-refractivity contribution in [3.05, 3.63) is 28.6 Å². The molecule has 5 nitrogen and oxygen atoms in total. The highest BCUT2D eigenvalue weighted by molar-refractivity contribution is 7.20. The van der Waals surface area contributed by atoms with Gasteiger partial charge in [0.2, 0.25) is 5.91 Å². The molecule has 1 saturated heterocycles. The van der Waals surface area contributed by atoms with Crippen molar-refractivity contribution >= 4 is 34.6 Å². The molecular formula is C15H16N2O3S2. The number of thiophene rings is 1. The van der Waals surface area contributed by atoms with Crippen molar-refractivity contribution in [2.45, 2.75) is 19.3 Å². The molecule has 0 aliphatic carbocycles. The summed E-state index contributed by atoms with van der Waals surface area (Å²) in [6.45, 7) is 0.959. The standard InChI is InChI=1S/C15H16N2O3S2/c18-13(17-5-1-3-10(8-17)15(19)20)7-11-9-22-14(16-11)12-4-2-6-21-12/h2,4,6,9-10H,1,3,5,7-8H2,(H,19,20). The van der Waals surface area contributed by atoms with Gasteiger partial charge in [0, 0.05) is 18.5 Å². The van der Waals surface area contributed by atoms with Crippen molar-refractivity contribution in [2.24, 2.45) is 5.92 Å². The molecule has 1 fully saturated rings. The fraction of sp³-hybridized carbons (Fsp3) is 0.400. The Balaban J connectivity index is 1.63. The number of aliphatic carboxylic acids is 1.